The van der Waals surface area contributed by atoms with Crippen LogP contribution in [-0.4, -0.2) is 123 Å². The fraction of sp³-hybridized carbons (Fsp3) is 0.911. The summed E-state index contributed by atoms with van der Waals surface area (Å²) in [4.78, 5) is 55.7. The maximum atomic E-state index is 12.6. The van der Waals surface area contributed by atoms with E-state index in [4.69, 9.17) is 0 Å². The highest BCUT2D eigenvalue weighted by Gasteiger charge is 2.23. The van der Waals surface area contributed by atoms with Gasteiger partial charge in [0.25, 0.3) is 0 Å². The van der Waals surface area contributed by atoms with E-state index in [1.54, 1.807) is 0 Å². The first-order valence-electron chi connectivity index (χ1n) is 23.2. The second-order valence-corrected chi connectivity index (χ2v) is 18.0. The molecule has 0 aromatic rings. The van der Waals surface area contributed by atoms with Gasteiger partial charge in [-0.3, -0.25) is 19.2 Å². The third-order valence-electron chi connectivity index (χ3n) is 13.6. The van der Waals surface area contributed by atoms with E-state index in [-0.39, 0.29) is 11.8 Å². The zero-order valence-electron chi connectivity index (χ0n) is 35.2. The summed E-state index contributed by atoms with van der Waals surface area (Å²) in [6.07, 6.45) is 25.6. The second kappa shape index (κ2) is 27.7. The number of carbonyl (C=O) groups is 4. The summed E-state index contributed by atoms with van der Waals surface area (Å²) in [5.41, 5.74) is 0. The van der Waals surface area contributed by atoms with E-state index < -0.39 is 0 Å². The van der Waals surface area contributed by atoms with E-state index in [1.807, 2.05) is 0 Å². The number of nitrogens with one attached hydrogen (secondary N) is 3. The normalized spacial score (nSPS) is 20.5. The average molecular weight is 771 g/mol. The number of rotatable bonds is 27. The molecule has 0 saturated carbocycles. The van der Waals surface area contributed by atoms with Crippen molar-refractivity contribution in [3.05, 3.63) is 0 Å². The van der Waals surface area contributed by atoms with Gasteiger partial charge in [0.2, 0.25) is 11.8 Å². The molecule has 4 aliphatic heterocycles. The van der Waals surface area contributed by atoms with Gasteiger partial charge in [0.15, 0.2) is 0 Å². The number of piperidine rings is 4. The Kier molecular flexibility index (Phi) is 23.1. The van der Waals surface area contributed by atoms with E-state index in [0.717, 1.165) is 95.2 Å². The van der Waals surface area contributed by atoms with Crippen LogP contribution in [0, 0.1) is 23.7 Å². The Bertz CT molecular complexity index is 1080. The van der Waals surface area contributed by atoms with Crippen LogP contribution in [0.4, 0.5) is 0 Å². The Morgan fingerprint density at radius 2 is 0.873 bits per heavy atom. The number of hydrogen-bond acceptors (Lipinski definition) is 8. The number of carbonyl (C=O) groups excluding carboxylic acids is 4. The van der Waals surface area contributed by atoms with Crippen molar-refractivity contribution >= 4 is 23.4 Å². The van der Waals surface area contributed by atoms with Crippen molar-refractivity contribution in [1.82, 2.24) is 30.7 Å². The molecule has 4 saturated heterocycles. The van der Waals surface area contributed by atoms with Crippen LogP contribution in [0.2, 0.25) is 0 Å². The first-order valence-corrected chi connectivity index (χ1v) is 23.2. The van der Waals surface area contributed by atoms with Gasteiger partial charge in [0.1, 0.15) is 11.6 Å². The second-order valence-electron chi connectivity index (χ2n) is 18.0. The van der Waals surface area contributed by atoms with Crippen LogP contribution >= 0.6 is 0 Å². The molecular formula is C45H82N6O4. The molecule has 0 unspecified atom stereocenters. The lowest BCUT2D eigenvalue weighted by molar-refractivity contribution is -0.122. The van der Waals surface area contributed by atoms with Crippen LogP contribution in [0.25, 0.3) is 0 Å². The topological polar surface area (TPSA) is 114 Å². The Balaban J connectivity index is 0.890. The predicted molar refractivity (Wildman–Crippen MR) is 224 cm³/mol. The highest BCUT2D eigenvalue weighted by atomic mass is 16.2. The molecule has 0 aromatic carbocycles. The molecule has 0 aliphatic carbocycles. The zero-order chi connectivity index (χ0) is 38.9. The molecule has 4 aliphatic rings. The largest absolute Gasteiger partial charge is 0.356 e. The third kappa shape index (κ3) is 20.9. The van der Waals surface area contributed by atoms with Gasteiger partial charge in [-0.15, -0.1) is 0 Å². The highest BCUT2D eigenvalue weighted by Crippen LogP contribution is 2.28. The fourth-order valence-electron chi connectivity index (χ4n) is 9.62. The van der Waals surface area contributed by atoms with E-state index in [0.29, 0.717) is 56.8 Å². The van der Waals surface area contributed by atoms with E-state index in [1.165, 1.54) is 123 Å². The van der Waals surface area contributed by atoms with Gasteiger partial charge in [-0.05, 0) is 147 Å². The zero-order valence-corrected chi connectivity index (χ0v) is 35.2. The van der Waals surface area contributed by atoms with Gasteiger partial charge in [0, 0.05) is 71.8 Å². The summed E-state index contributed by atoms with van der Waals surface area (Å²) in [6.45, 7) is 14.7. The van der Waals surface area contributed by atoms with Gasteiger partial charge < -0.3 is 30.7 Å². The first kappa shape index (κ1) is 45.8. The van der Waals surface area contributed by atoms with Gasteiger partial charge >= 0.3 is 0 Å². The van der Waals surface area contributed by atoms with Crippen molar-refractivity contribution in [2.75, 3.05) is 85.1 Å². The first-order chi connectivity index (χ1) is 26.8. The number of amides is 2. The Labute approximate surface area is 335 Å². The predicted octanol–water partition coefficient (Wildman–Crippen LogP) is 6.36. The summed E-state index contributed by atoms with van der Waals surface area (Å²) in [7, 11) is 0. The van der Waals surface area contributed by atoms with E-state index >= 15 is 0 Å². The van der Waals surface area contributed by atoms with Crippen LogP contribution in [0.15, 0.2) is 0 Å². The lowest BCUT2D eigenvalue weighted by atomic mass is 9.87. The van der Waals surface area contributed by atoms with E-state index in [2.05, 4.69) is 30.7 Å². The lowest BCUT2D eigenvalue weighted by Crippen LogP contribution is -2.37. The van der Waals surface area contributed by atoms with E-state index in [9.17, 15) is 19.2 Å². The quantitative estimate of drug-likeness (QED) is 0.0828. The standard InChI is InChI=1S/C45H82N6O4/c1-38(52)47-25-7-26-48-45(55)24-37-51-33-20-42(21-34-51)11-6-10-41-18-31-50(32-19-41)36-23-44(54)13-4-2-3-12-43(53)22-35-49-29-16-40(17-30-49)9-5-8-39-14-27-46-28-15-39/h39-42,46H,2-37H2,1H3,(H,47,52)(H,48,55). The monoisotopic (exact) mass is 771 g/mol. The minimum Gasteiger partial charge on any atom is -0.356 e. The average Bonchev–Trinajstić information content (AvgIpc) is 3.20. The van der Waals surface area contributed by atoms with Crippen molar-refractivity contribution in [2.45, 2.75) is 155 Å². The number of nitrogens with zero attached hydrogens (tertiary/aromatic N) is 3. The van der Waals surface area contributed by atoms with Gasteiger partial charge in [0.05, 0.1) is 0 Å². The molecule has 0 atom stereocenters. The molecule has 4 fully saturated rings. The Morgan fingerprint density at radius 1 is 0.473 bits per heavy atom. The van der Waals surface area contributed by atoms with Crippen molar-refractivity contribution in [1.29, 1.82) is 0 Å². The van der Waals surface area contributed by atoms with Crippen LogP contribution < -0.4 is 16.0 Å². The van der Waals surface area contributed by atoms with Gasteiger partial charge in [-0.2, -0.15) is 0 Å². The van der Waals surface area contributed by atoms with Crippen LogP contribution in [0.1, 0.15) is 155 Å². The molecule has 0 spiro atoms. The van der Waals surface area contributed by atoms with Crippen molar-refractivity contribution in [3.63, 3.8) is 0 Å². The molecule has 10 heteroatoms. The minimum atomic E-state index is -0.0281. The van der Waals surface area contributed by atoms with Crippen molar-refractivity contribution < 1.29 is 19.2 Å². The van der Waals surface area contributed by atoms with Crippen LogP contribution in [0.3, 0.4) is 0 Å². The Morgan fingerprint density at radius 3 is 1.31 bits per heavy atom. The number of unbranched alkanes of at least 4 members (excludes halogenated alkanes) is 2. The lowest BCUT2D eigenvalue weighted by Gasteiger charge is -2.33. The Hall–Kier alpha value is -1.88. The maximum absolute atomic E-state index is 12.6. The van der Waals surface area contributed by atoms with Crippen molar-refractivity contribution in [2.24, 2.45) is 23.7 Å². The molecule has 0 aromatic heterocycles. The number of ketones is 2. The highest BCUT2D eigenvalue weighted by molar-refractivity contribution is 5.79. The number of likely N-dealkylation sites (tertiary alicyclic amines) is 3. The molecule has 4 rings (SSSR count). The molecular weight excluding hydrogens is 689 g/mol. The summed E-state index contributed by atoms with van der Waals surface area (Å²) < 4.78 is 0. The smallest absolute Gasteiger partial charge is 0.221 e. The van der Waals surface area contributed by atoms with Gasteiger partial charge in [-0.25, -0.2) is 0 Å². The SMILES string of the molecule is CC(=O)NCCCNC(=O)CCN1CCC(CCCC2CCN(CCC(=O)CCCCCC(=O)CCN3CCC(CCCC4CCNCC4)CC3)CC2)CC1. The van der Waals surface area contributed by atoms with Crippen LogP contribution in [0.5, 0.6) is 0 Å². The molecule has 3 N–H and O–H groups in total. The third-order valence-corrected chi connectivity index (χ3v) is 13.6. The molecule has 316 valence electrons. The summed E-state index contributed by atoms with van der Waals surface area (Å²) >= 11 is 0. The molecule has 0 radical (unpaired) electrons. The molecule has 55 heavy (non-hydrogen) atoms. The molecule has 10 nitrogen and oxygen atoms in total. The summed E-state index contributed by atoms with van der Waals surface area (Å²) in [6, 6.07) is 0. The molecule has 2 amide bonds. The molecule has 4 heterocycles. The molecule has 0 bridgehead atoms. The van der Waals surface area contributed by atoms with Crippen molar-refractivity contribution in [3.8, 4) is 0 Å². The minimum absolute atomic E-state index is 0.0281. The number of hydrogen-bond donors (Lipinski definition) is 3. The summed E-state index contributed by atoms with van der Waals surface area (Å²) in [5.74, 6) is 4.40. The number of Topliss-reactive ketones (excluding diaryl/α,β-unsaturated/α-hetero) is 2. The fourth-order valence-corrected chi connectivity index (χ4v) is 9.62. The van der Waals surface area contributed by atoms with Gasteiger partial charge in [-0.1, -0.05) is 44.9 Å². The summed E-state index contributed by atoms with van der Waals surface area (Å²) in [5, 5.41) is 9.20. The van der Waals surface area contributed by atoms with Crippen LogP contribution in [-0.2, 0) is 19.2 Å². The maximum Gasteiger partial charge on any atom is 0.221 e.